The molecular weight excluding hydrogens is 354 g/mol. The topological polar surface area (TPSA) is 72.9 Å². The Morgan fingerprint density at radius 1 is 1.23 bits per heavy atom. The van der Waals surface area contributed by atoms with E-state index in [1.165, 1.54) is 7.11 Å². The average molecular weight is 384 g/mol. The number of carbonyl (C=O) groups excluding carboxylic acids is 1. The smallest absolute Gasteiger partial charge is 0.410 e. The number of hydrogen-bond acceptors (Lipinski definition) is 5. The molecular formula is C19H29NO5S. The molecule has 1 amide bonds. The van der Waals surface area contributed by atoms with E-state index in [0.717, 1.165) is 5.56 Å². The Morgan fingerprint density at radius 2 is 1.85 bits per heavy atom. The predicted molar refractivity (Wildman–Crippen MR) is 100 cm³/mol. The zero-order chi connectivity index (χ0) is 19.6. The van der Waals surface area contributed by atoms with E-state index in [1.807, 2.05) is 33.8 Å². The molecule has 1 heterocycles. The van der Waals surface area contributed by atoms with Gasteiger partial charge in [-0.25, -0.2) is 13.2 Å². The highest BCUT2D eigenvalue weighted by Crippen LogP contribution is 2.36. The molecule has 1 aliphatic rings. The highest BCUT2D eigenvalue weighted by atomic mass is 32.2. The Hall–Kier alpha value is -1.60. The van der Waals surface area contributed by atoms with Crippen molar-refractivity contribution in [1.29, 1.82) is 0 Å². The third kappa shape index (κ3) is 4.38. The van der Waals surface area contributed by atoms with E-state index in [1.54, 1.807) is 23.1 Å². The molecule has 0 aliphatic carbocycles. The Kier molecular flexibility index (Phi) is 6.02. The van der Waals surface area contributed by atoms with Gasteiger partial charge in [-0.15, -0.1) is 0 Å². The van der Waals surface area contributed by atoms with Crippen molar-refractivity contribution in [2.75, 3.05) is 26.8 Å². The minimum absolute atomic E-state index is 0.103. The van der Waals surface area contributed by atoms with Gasteiger partial charge in [-0.05, 0) is 58.2 Å². The number of benzene rings is 1. The maximum atomic E-state index is 13.3. The van der Waals surface area contributed by atoms with E-state index < -0.39 is 26.3 Å². The number of likely N-dealkylation sites (tertiary alicyclic amines) is 1. The van der Waals surface area contributed by atoms with E-state index in [9.17, 15) is 13.2 Å². The summed E-state index contributed by atoms with van der Waals surface area (Å²) in [6.45, 7) is 8.05. The van der Waals surface area contributed by atoms with Gasteiger partial charge in [0, 0.05) is 20.2 Å². The lowest BCUT2D eigenvalue weighted by Gasteiger charge is -2.41. The van der Waals surface area contributed by atoms with Crippen LogP contribution in [0.5, 0.6) is 0 Å². The SMILES string of the molecule is COCC1(S(=O)(=O)c2cccc(C)c2)CCN(C(=O)OC(C)(C)C)CC1. The lowest BCUT2D eigenvalue weighted by Crippen LogP contribution is -2.53. The van der Waals surface area contributed by atoms with Crippen molar-refractivity contribution in [2.45, 2.75) is 55.8 Å². The summed E-state index contributed by atoms with van der Waals surface area (Å²) in [7, 11) is -2.09. The second kappa shape index (κ2) is 7.56. The van der Waals surface area contributed by atoms with Gasteiger partial charge in [-0.3, -0.25) is 0 Å². The lowest BCUT2D eigenvalue weighted by molar-refractivity contribution is 0.0163. The molecule has 0 atom stereocenters. The molecule has 1 aromatic rings. The van der Waals surface area contributed by atoms with Crippen LogP contribution in [0.25, 0.3) is 0 Å². The Labute approximate surface area is 156 Å². The summed E-state index contributed by atoms with van der Waals surface area (Å²) < 4.78 is 36.3. The number of methoxy groups -OCH3 is 1. The fraction of sp³-hybridized carbons (Fsp3) is 0.632. The fourth-order valence-corrected chi connectivity index (χ4v) is 5.30. The van der Waals surface area contributed by atoms with Crippen molar-refractivity contribution < 1.29 is 22.7 Å². The summed E-state index contributed by atoms with van der Waals surface area (Å²) in [5.41, 5.74) is 0.316. The van der Waals surface area contributed by atoms with Crippen molar-refractivity contribution in [2.24, 2.45) is 0 Å². The van der Waals surface area contributed by atoms with Gasteiger partial charge in [0.25, 0.3) is 0 Å². The van der Waals surface area contributed by atoms with Crippen molar-refractivity contribution in [3.8, 4) is 0 Å². The molecule has 7 heteroatoms. The summed E-state index contributed by atoms with van der Waals surface area (Å²) in [6, 6.07) is 6.93. The summed E-state index contributed by atoms with van der Waals surface area (Å²) in [6.07, 6.45) is 0.226. The van der Waals surface area contributed by atoms with Gasteiger partial charge in [0.1, 0.15) is 10.3 Å². The zero-order valence-electron chi connectivity index (χ0n) is 16.2. The van der Waals surface area contributed by atoms with Crippen LogP contribution in [0.2, 0.25) is 0 Å². The highest BCUT2D eigenvalue weighted by molar-refractivity contribution is 7.92. The normalized spacial score (nSPS) is 17.8. The van der Waals surface area contributed by atoms with Crippen LogP contribution in [0.3, 0.4) is 0 Å². The van der Waals surface area contributed by atoms with E-state index in [4.69, 9.17) is 9.47 Å². The zero-order valence-corrected chi connectivity index (χ0v) is 17.1. The van der Waals surface area contributed by atoms with Crippen LogP contribution in [-0.4, -0.2) is 56.6 Å². The van der Waals surface area contributed by atoms with E-state index in [-0.39, 0.29) is 6.61 Å². The van der Waals surface area contributed by atoms with Crippen LogP contribution in [0.4, 0.5) is 4.79 Å². The molecule has 0 bridgehead atoms. The molecule has 1 aromatic carbocycles. The maximum absolute atomic E-state index is 13.3. The molecule has 2 rings (SSSR count). The van der Waals surface area contributed by atoms with Gasteiger partial charge in [0.2, 0.25) is 0 Å². The molecule has 1 aliphatic heterocycles. The van der Waals surface area contributed by atoms with Crippen LogP contribution in [0.15, 0.2) is 29.2 Å². The first-order chi connectivity index (χ1) is 12.0. The average Bonchev–Trinajstić information content (AvgIpc) is 2.54. The third-order valence-electron chi connectivity index (χ3n) is 4.60. The minimum Gasteiger partial charge on any atom is -0.444 e. The summed E-state index contributed by atoms with van der Waals surface area (Å²) in [4.78, 5) is 14.2. The number of ether oxygens (including phenoxy) is 2. The largest absolute Gasteiger partial charge is 0.444 e. The van der Waals surface area contributed by atoms with Gasteiger partial charge < -0.3 is 14.4 Å². The second-order valence-corrected chi connectivity index (χ2v) is 10.2. The van der Waals surface area contributed by atoms with Crippen LogP contribution in [0.1, 0.15) is 39.2 Å². The Morgan fingerprint density at radius 3 is 2.35 bits per heavy atom. The lowest BCUT2D eigenvalue weighted by atomic mass is 9.97. The van der Waals surface area contributed by atoms with Crippen LogP contribution in [0, 0.1) is 6.92 Å². The predicted octanol–water partition coefficient (Wildman–Crippen LogP) is 3.18. The van der Waals surface area contributed by atoms with Gasteiger partial charge in [0.05, 0.1) is 11.5 Å². The van der Waals surface area contributed by atoms with Crippen molar-refractivity contribution in [1.82, 2.24) is 4.90 Å². The van der Waals surface area contributed by atoms with Crippen LogP contribution in [-0.2, 0) is 19.3 Å². The minimum atomic E-state index is -3.60. The van der Waals surface area contributed by atoms with Gasteiger partial charge in [-0.2, -0.15) is 0 Å². The third-order valence-corrected chi connectivity index (χ3v) is 7.14. The molecule has 0 aromatic heterocycles. The number of rotatable bonds is 4. The number of hydrogen-bond donors (Lipinski definition) is 0. The summed E-state index contributed by atoms with van der Waals surface area (Å²) in [5, 5.41) is 0. The molecule has 146 valence electrons. The monoisotopic (exact) mass is 383 g/mol. The summed E-state index contributed by atoms with van der Waals surface area (Å²) in [5.74, 6) is 0. The van der Waals surface area contributed by atoms with Crippen molar-refractivity contribution in [3.63, 3.8) is 0 Å². The molecule has 0 radical (unpaired) electrons. The standard InChI is InChI=1S/C19H29NO5S/c1-15-7-6-8-16(13-15)26(22,23)19(14-24-5)9-11-20(12-10-19)17(21)25-18(2,3)4/h6-8,13H,9-12,14H2,1-5H3. The first-order valence-electron chi connectivity index (χ1n) is 8.79. The van der Waals surface area contributed by atoms with Crippen molar-refractivity contribution in [3.05, 3.63) is 29.8 Å². The van der Waals surface area contributed by atoms with E-state index in [0.29, 0.717) is 30.8 Å². The number of amides is 1. The van der Waals surface area contributed by atoms with Gasteiger partial charge in [0.15, 0.2) is 9.84 Å². The fourth-order valence-electron chi connectivity index (χ4n) is 3.21. The number of carbonyl (C=O) groups is 1. The Bertz CT molecular complexity index is 743. The van der Waals surface area contributed by atoms with Crippen molar-refractivity contribution >= 4 is 15.9 Å². The first-order valence-corrected chi connectivity index (χ1v) is 10.3. The molecule has 1 fully saturated rings. The molecule has 0 spiro atoms. The molecule has 0 N–H and O–H groups in total. The number of aryl methyl sites for hydroxylation is 1. The number of nitrogens with zero attached hydrogens (tertiary/aromatic N) is 1. The maximum Gasteiger partial charge on any atom is 0.410 e. The van der Waals surface area contributed by atoms with E-state index in [2.05, 4.69) is 0 Å². The molecule has 6 nitrogen and oxygen atoms in total. The second-order valence-electron chi connectivity index (χ2n) is 7.90. The van der Waals surface area contributed by atoms with E-state index >= 15 is 0 Å². The Balaban J connectivity index is 2.24. The molecule has 26 heavy (non-hydrogen) atoms. The van der Waals surface area contributed by atoms with Crippen LogP contribution < -0.4 is 0 Å². The molecule has 0 unspecified atom stereocenters. The number of sulfone groups is 1. The highest BCUT2D eigenvalue weighted by Gasteiger charge is 2.48. The summed E-state index contributed by atoms with van der Waals surface area (Å²) >= 11 is 0. The molecule has 1 saturated heterocycles. The first kappa shape index (κ1) is 20.7. The quantitative estimate of drug-likeness (QED) is 0.798. The molecule has 0 saturated carbocycles. The van der Waals surface area contributed by atoms with Gasteiger partial charge in [-0.1, -0.05) is 12.1 Å². The van der Waals surface area contributed by atoms with Crippen LogP contribution >= 0.6 is 0 Å². The van der Waals surface area contributed by atoms with Gasteiger partial charge >= 0.3 is 6.09 Å². The number of piperidine rings is 1.